The first kappa shape index (κ1) is 20.9. The molecule has 0 aliphatic carbocycles. The summed E-state index contributed by atoms with van der Waals surface area (Å²) in [5.74, 6) is -0.128. The molecule has 7 nitrogen and oxygen atoms in total. The molecule has 0 saturated carbocycles. The van der Waals surface area contributed by atoms with Gasteiger partial charge in [-0.3, -0.25) is 14.9 Å². The van der Waals surface area contributed by atoms with Gasteiger partial charge >= 0.3 is 6.18 Å². The van der Waals surface area contributed by atoms with Gasteiger partial charge in [0.05, 0.1) is 10.5 Å². The van der Waals surface area contributed by atoms with Crippen LogP contribution in [0.25, 0.3) is 0 Å². The molecule has 150 valence electrons. The van der Waals surface area contributed by atoms with Crippen LogP contribution in [0, 0.1) is 10.1 Å². The van der Waals surface area contributed by atoms with E-state index in [2.05, 4.69) is 10.2 Å². The van der Waals surface area contributed by atoms with Gasteiger partial charge in [-0.1, -0.05) is 0 Å². The van der Waals surface area contributed by atoms with Gasteiger partial charge in [-0.15, -0.1) is 0 Å². The molecule has 1 amide bonds. The number of carbonyl (C=O) groups is 1. The molecular weight excluding hydrogens is 365 g/mol. The van der Waals surface area contributed by atoms with Gasteiger partial charge in [0.2, 0.25) is 5.91 Å². The molecule has 1 N–H and O–H groups in total. The molecule has 1 heterocycles. The van der Waals surface area contributed by atoms with E-state index in [1.165, 1.54) is 12.8 Å². The first-order valence-electron chi connectivity index (χ1n) is 8.74. The van der Waals surface area contributed by atoms with Gasteiger partial charge in [0.15, 0.2) is 0 Å². The predicted octanol–water partition coefficient (Wildman–Crippen LogP) is 2.97. The summed E-state index contributed by atoms with van der Waals surface area (Å²) >= 11 is 0. The lowest BCUT2D eigenvalue weighted by molar-refractivity contribution is -0.384. The Morgan fingerprint density at radius 1 is 1.33 bits per heavy atom. The van der Waals surface area contributed by atoms with Crippen molar-refractivity contribution in [3.63, 3.8) is 0 Å². The number of likely N-dealkylation sites (tertiary alicyclic amines) is 1. The van der Waals surface area contributed by atoms with E-state index in [0.717, 1.165) is 31.8 Å². The number of likely N-dealkylation sites (N-methyl/N-ethyl adjacent to an activating group) is 1. The van der Waals surface area contributed by atoms with E-state index in [-0.39, 0.29) is 24.6 Å². The summed E-state index contributed by atoms with van der Waals surface area (Å²) in [5, 5.41) is 13.7. The lowest BCUT2D eigenvalue weighted by Gasteiger charge is -2.21. The fraction of sp³-hybridized carbons (Fsp3) is 0.588. The van der Waals surface area contributed by atoms with Crippen LogP contribution in [-0.2, 0) is 11.0 Å². The quantitative estimate of drug-likeness (QED) is 0.547. The third-order valence-electron chi connectivity index (χ3n) is 4.55. The number of halogens is 3. The van der Waals surface area contributed by atoms with E-state index >= 15 is 0 Å². The zero-order valence-electron chi connectivity index (χ0n) is 15.1. The molecule has 0 atom stereocenters. The smallest absolute Gasteiger partial charge is 0.379 e. The van der Waals surface area contributed by atoms with Gasteiger partial charge in [-0.2, -0.15) is 13.2 Å². The molecule has 1 aromatic rings. The minimum atomic E-state index is -4.66. The van der Waals surface area contributed by atoms with Crippen LogP contribution >= 0.6 is 0 Å². The molecule has 1 aliphatic rings. The standard InChI is InChI=1S/C17H23F3N4O3/c1-22(10-11-23-8-2-3-9-23)16(25)6-7-21-14-5-4-13(17(18,19)20)12-15(14)24(26)27/h4-5,12,21H,2-3,6-11H2,1H3. The highest BCUT2D eigenvalue weighted by Crippen LogP contribution is 2.34. The summed E-state index contributed by atoms with van der Waals surface area (Å²) in [5.41, 5.74) is -1.79. The van der Waals surface area contributed by atoms with Gasteiger partial charge in [-0.05, 0) is 38.1 Å². The monoisotopic (exact) mass is 388 g/mol. The molecule has 0 spiro atoms. The average Bonchev–Trinajstić information content (AvgIpc) is 3.12. The largest absolute Gasteiger partial charge is 0.416 e. The Balaban J connectivity index is 1.86. The SMILES string of the molecule is CN(CCN1CCCC1)C(=O)CCNc1ccc(C(F)(F)F)cc1[N+](=O)[O-]. The van der Waals surface area contributed by atoms with Gasteiger partial charge in [0, 0.05) is 39.2 Å². The molecule has 27 heavy (non-hydrogen) atoms. The molecule has 1 aromatic carbocycles. The van der Waals surface area contributed by atoms with Crippen molar-refractivity contribution < 1.29 is 22.9 Å². The summed E-state index contributed by atoms with van der Waals surface area (Å²) in [7, 11) is 1.69. The molecule has 10 heteroatoms. The van der Waals surface area contributed by atoms with Gasteiger partial charge in [-0.25, -0.2) is 0 Å². The number of nitro benzene ring substituents is 1. The van der Waals surface area contributed by atoms with Crippen molar-refractivity contribution in [1.29, 1.82) is 0 Å². The molecule has 1 fully saturated rings. The van der Waals surface area contributed by atoms with Crippen molar-refractivity contribution in [3.05, 3.63) is 33.9 Å². The topological polar surface area (TPSA) is 78.7 Å². The number of nitrogens with zero attached hydrogens (tertiary/aromatic N) is 3. The van der Waals surface area contributed by atoms with E-state index in [1.54, 1.807) is 11.9 Å². The number of nitro groups is 1. The second-order valence-corrected chi connectivity index (χ2v) is 6.53. The van der Waals surface area contributed by atoms with Gasteiger partial charge in [0.25, 0.3) is 5.69 Å². The van der Waals surface area contributed by atoms with Crippen LogP contribution in [0.5, 0.6) is 0 Å². The fourth-order valence-corrected chi connectivity index (χ4v) is 2.93. The van der Waals surface area contributed by atoms with Gasteiger partial charge < -0.3 is 15.1 Å². The number of benzene rings is 1. The van der Waals surface area contributed by atoms with Crippen LogP contribution in [0.3, 0.4) is 0 Å². The molecular formula is C17H23F3N4O3. The highest BCUT2D eigenvalue weighted by molar-refractivity contribution is 5.76. The Labute approximate surface area is 155 Å². The minimum Gasteiger partial charge on any atom is -0.379 e. The van der Waals surface area contributed by atoms with Crippen molar-refractivity contribution in [2.75, 3.05) is 45.1 Å². The van der Waals surface area contributed by atoms with E-state index in [4.69, 9.17) is 0 Å². The third kappa shape index (κ3) is 6.09. The summed E-state index contributed by atoms with van der Waals surface area (Å²) < 4.78 is 38.1. The van der Waals surface area contributed by atoms with Crippen LogP contribution in [-0.4, -0.2) is 60.4 Å². The minimum absolute atomic E-state index is 0.0412. The molecule has 0 radical (unpaired) electrons. The lowest BCUT2D eigenvalue weighted by Crippen LogP contribution is -2.35. The Morgan fingerprint density at radius 2 is 2.00 bits per heavy atom. The average molecular weight is 388 g/mol. The summed E-state index contributed by atoms with van der Waals surface area (Å²) in [6.45, 7) is 3.58. The van der Waals surface area contributed by atoms with Crippen molar-refractivity contribution in [1.82, 2.24) is 9.80 Å². The second-order valence-electron chi connectivity index (χ2n) is 6.53. The molecule has 0 aromatic heterocycles. The Bertz CT molecular complexity index is 676. The van der Waals surface area contributed by atoms with Crippen LogP contribution in [0.1, 0.15) is 24.8 Å². The number of nitrogens with one attached hydrogen (secondary N) is 1. The van der Waals surface area contributed by atoms with Crippen LogP contribution in [0.4, 0.5) is 24.5 Å². The molecule has 1 aliphatic heterocycles. The zero-order valence-corrected chi connectivity index (χ0v) is 15.1. The Hall–Kier alpha value is -2.36. The molecule has 0 unspecified atom stereocenters. The van der Waals surface area contributed by atoms with Crippen molar-refractivity contribution >= 4 is 17.3 Å². The van der Waals surface area contributed by atoms with Crippen molar-refractivity contribution in [3.8, 4) is 0 Å². The predicted molar refractivity (Wildman–Crippen MR) is 94.5 cm³/mol. The van der Waals surface area contributed by atoms with Crippen LogP contribution < -0.4 is 5.32 Å². The normalized spacial score (nSPS) is 15.0. The number of hydrogen-bond donors (Lipinski definition) is 1. The molecule has 0 bridgehead atoms. The number of amides is 1. The number of hydrogen-bond acceptors (Lipinski definition) is 5. The number of rotatable bonds is 8. The lowest BCUT2D eigenvalue weighted by atomic mass is 10.1. The van der Waals surface area contributed by atoms with Gasteiger partial charge in [0.1, 0.15) is 5.69 Å². The van der Waals surface area contributed by atoms with Crippen LogP contribution in [0.15, 0.2) is 18.2 Å². The highest BCUT2D eigenvalue weighted by Gasteiger charge is 2.33. The Kier molecular flexibility index (Phi) is 7.00. The summed E-state index contributed by atoms with van der Waals surface area (Å²) in [6, 6.07) is 2.29. The maximum Gasteiger partial charge on any atom is 0.416 e. The molecule has 2 rings (SSSR count). The fourth-order valence-electron chi connectivity index (χ4n) is 2.93. The van der Waals surface area contributed by atoms with E-state index in [0.29, 0.717) is 12.6 Å². The van der Waals surface area contributed by atoms with E-state index in [1.807, 2.05) is 0 Å². The maximum absolute atomic E-state index is 12.7. The number of alkyl halides is 3. The first-order valence-corrected chi connectivity index (χ1v) is 8.74. The molecule has 1 saturated heterocycles. The van der Waals surface area contributed by atoms with Crippen LogP contribution in [0.2, 0.25) is 0 Å². The second kappa shape index (κ2) is 9.03. The first-order chi connectivity index (χ1) is 12.7. The summed E-state index contributed by atoms with van der Waals surface area (Å²) in [6.07, 6.45) is -2.22. The van der Waals surface area contributed by atoms with E-state index in [9.17, 15) is 28.1 Å². The zero-order chi connectivity index (χ0) is 20.0. The third-order valence-corrected chi connectivity index (χ3v) is 4.55. The van der Waals surface area contributed by atoms with Crippen molar-refractivity contribution in [2.45, 2.75) is 25.4 Å². The number of carbonyl (C=O) groups excluding carboxylic acids is 1. The maximum atomic E-state index is 12.7. The van der Waals surface area contributed by atoms with E-state index < -0.39 is 22.4 Å². The Morgan fingerprint density at radius 3 is 2.59 bits per heavy atom. The number of anilines is 1. The van der Waals surface area contributed by atoms with Crippen molar-refractivity contribution in [2.24, 2.45) is 0 Å². The highest BCUT2D eigenvalue weighted by atomic mass is 19.4. The summed E-state index contributed by atoms with van der Waals surface area (Å²) in [4.78, 5) is 26.2.